The van der Waals surface area contributed by atoms with Crippen LogP contribution in [0.25, 0.3) is 0 Å². The van der Waals surface area contributed by atoms with Crippen LogP contribution < -0.4 is 5.32 Å². The number of likely N-dealkylation sites (N-methyl/N-ethyl adjacent to an activating group) is 1. The van der Waals surface area contributed by atoms with Crippen molar-refractivity contribution >= 4 is 6.09 Å². The molecule has 0 bridgehead atoms. The summed E-state index contributed by atoms with van der Waals surface area (Å²) in [4.78, 5) is 16.4. The summed E-state index contributed by atoms with van der Waals surface area (Å²) in [6.07, 6.45) is 0.617. The zero-order valence-electron chi connectivity index (χ0n) is 13.6. The van der Waals surface area contributed by atoms with E-state index in [-0.39, 0.29) is 6.09 Å². The predicted molar refractivity (Wildman–Crippen MR) is 88.0 cm³/mol. The second-order valence-corrected chi connectivity index (χ2v) is 5.78. The third-order valence-corrected chi connectivity index (χ3v) is 4.13. The Morgan fingerprint density at radius 1 is 1.23 bits per heavy atom. The number of nitrogens with one attached hydrogen (secondary N) is 1. The van der Waals surface area contributed by atoms with Crippen LogP contribution in [-0.2, 0) is 11.2 Å². The minimum atomic E-state index is -0.324. The highest BCUT2D eigenvalue weighted by Gasteiger charge is 2.23. The lowest BCUT2D eigenvalue weighted by molar-refractivity contribution is 0.105. The zero-order chi connectivity index (χ0) is 15.8. The molecule has 0 spiro atoms. The fourth-order valence-corrected chi connectivity index (χ4v) is 2.79. The maximum atomic E-state index is 11.6. The van der Waals surface area contributed by atoms with Gasteiger partial charge in [0.2, 0.25) is 0 Å². The van der Waals surface area contributed by atoms with Gasteiger partial charge in [0.15, 0.2) is 0 Å². The number of hydrogen-bond acceptors (Lipinski definition) is 4. The van der Waals surface area contributed by atoms with Gasteiger partial charge in [-0.15, -0.1) is 0 Å². The monoisotopic (exact) mass is 305 g/mol. The molecule has 1 heterocycles. The van der Waals surface area contributed by atoms with Gasteiger partial charge in [-0.25, -0.2) is 4.79 Å². The molecule has 22 heavy (non-hydrogen) atoms. The van der Waals surface area contributed by atoms with Crippen molar-refractivity contribution in [3.63, 3.8) is 0 Å². The summed E-state index contributed by atoms with van der Waals surface area (Å²) >= 11 is 0. The first-order chi connectivity index (χ1) is 10.7. The minimum absolute atomic E-state index is 0.306. The molecule has 0 aliphatic carbocycles. The number of rotatable bonds is 6. The van der Waals surface area contributed by atoms with E-state index in [1.165, 1.54) is 5.56 Å². The Hall–Kier alpha value is -1.59. The van der Waals surface area contributed by atoms with Crippen molar-refractivity contribution in [2.24, 2.45) is 0 Å². The Kier molecular flexibility index (Phi) is 6.68. The zero-order valence-corrected chi connectivity index (χ0v) is 13.6. The van der Waals surface area contributed by atoms with Crippen LogP contribution >= 0.6 is 0 Å². The van der Waals surface area contributed by atoms with Crippen LogP contribution in [0, 0.1) is 0 Å². The molecule has 0 saturated carbocycles. The number of carbonyl (C=O) groups is 1. The molecule has 0 radical (unpaired) electrons. The number of benzene rings is 1. The van der Waals surface area contributed by atoms with Gasteiger partial charge in [-0.05, 0) is 26.0 Å². The van der Waals surface area contributed by atoms with Gasteiger partial charge in [-0.3, -0.25) is 4.90 Å². The van der Waals surface area contributed by atoms with E-state index >= 15 is 0 Å². The molecule has 122 valence electrons. The van der Waals surface area contributed by atoms with E-state index in [0.717, 1.165) is 32.6 Å². The van der Waals surface area contributed by atoms with Gasteiger partial charge in [0.05, 0.1) is 6.61 Å². The van der Waals surface area contributed by atoms with Crippen LogP contribution in [0.4, 0.5) is 4.79 Å². The summed E-state index contributed by atoms with van der Waals surface area (Å²) in [6, 6.07) is 10.8. The molecule has 5 heteroatoms. The lowest BCUT2D eigenvalue weighted by Crippen LogP contribution is -2.53. The predicted octanol–water partition coefficient (Wildman–Crippen LogP) is 1.59. The molecular weight excluding hydrogens is 278 g/mol. The molecule has 1 N–H and O–H groups in total. The summed E-state index contributed by atoms with van der Waals surface area (Å²) in [5, 5.41) is 2.90. The maximum absolute atomic E-state index is 11.6. The quantitative estimate of drug-likeness (QED) is 0.867. The van der Waals surface area contributed by atoms with Crippen LogP contribution in [0.5, 0.6) is 0 Å². The van der Waals surface area contributed by atoms with Gasteiger partial charge in [0.25, 0.3) is 0 Å². The van der Waals surface area contributed by atoms with E-state index in [2.05, 4.69) is 46.4 Å². The number of amides is 1. The van der Waals surface area contributed by atoms with Gasteiger partial charge in [0, 0.05) is 38.8 Å². The van der Waals surface area contributed by atoms with Gasteiger partial charge in [-0.1, -0.05) is 30.3 Å². The van der Waals surface area contributed by atoms with Gasteiger partial charge < -0.3 is 15.0 Å². The SMILES string of the molecule is CCOC(=O)NCC(Cc1ccccc1)N1CCN(C)CC1. The molecule has 0 aromatic heterocycles. The highest BCUT2D eigenvalue weighted by molar-refractivity contribution is 5.67. The van der Waals surface area contributed by atoms with Crippen molar-refractivity contribution < 1.29 is 9.53 Å². The van der Waals surface area contributed by atoms with Crippen molar-refractivity contribution in [3.8, 4) is 0 Å². The van der Waals surface area contributed by atoms with Crippen molar-refractivity contribution in [1.82, 2.24) is 15.1 Å². The number of alkyl carbamates (subject to hydrolysis) is 1. The molecule has 1 aromatic carbocycles. The summed E-state index contributed by atoms with van der Waals surface area (Å²) in [7, 11) is 2.15. The number of nitrogens with zero attached hydrogens (tertiary/aromatic N) is 2. The Bertz CT molecular complexity index is 444. The maximum Gasteiger partial charge on any atom is 0.407 e. The average Bonchev–Trinajstić information content (AvgIpc) is 2.53. The lowest BCUT2D eigenvalue weighted by Gasteiger charge is -2.38. The van der Waals surface area contributed by atoms with Crippen molar-refractivity contribution in [2.45, 2.75) is 19.4 Å². The fraction of sp³-hybridized carbons (Fsp3) is 0.588. The third-order valence-electron chi connectivity index (χ3n) is 4.13. The first kappa shape index (κ1) is 16.8. The molecule has 1 saturated heterocycles. The van der Waals surface area contributed by atoms with Crippen LogP contribution in [0.3, 0.4) is 0 Å². The molecule has 1 atom stereocenters. The molecule has 1 aliphatic heterocycles. The normalized spacial score (nSPS) is 17.9. The first-order valence-corrected chi connectivity index (χ1v) is 8.06. The summed E-state index contributed by atoms with van der Waals surface area (Å²) in [5.41, 5.74) is 1.30. The number of piperazine rings is 1. The summed E-state index contributed by atoms with van der Waals surface area (Å²) < 4.78 is 4.97. The van der Waals surface area contributed by atoms with Gasteiger partial charge in [0.1, 0.15) is 0 Å². The standard InChI is InChI=1S/C17H27N3O2/c1-3-22-17(21)18-14-16(13-15-7-5-4-6-8-15)20-11-9-19(2)10-12-20/h4-8,16H,3,9-14H2,1-2H3,(H,18,21). The van der Waals surface area contributed by atoms with E-state index in [1.807, 2.05) is 13.0 Å². The molecule has 5 nitrogen and oxygen atoms in total. The number of hydrogen-bond donors (Lipinski definition) is 1. The van der Waals surface area contributed by atoms with Crippen molar-refractivity contribution in [2.75, 3.05) is 46.4 Å². The van der Waals surface area contributed by atoms with Crippen LogP contribution in [0.1, 0.15) is 12.5 Å². The molecular formula is C17H27N3O2. The Morgan fingerprint density at radius 2 is 1.91 bits per heavy atom. The number of ether oxygens (including phenoxy) is 1. The van der Waals surface area contributed by atoms with Gasteiger partial charge in [-0.2, -0.15) is 0 Å². The molecule has 1 aliphatic rings. The summed E-state index contributed by atoms with van der Waals surface area (Å²) in [5.74, 6) is 0. The second kappa shape index (κ2) is 8.76. The molecule has 1 fully saturated rings. The van der Waals surface area contributed by atoms with E-state index in [1.54, 1.807) is 0 Å². The van der Waals surface area contributed by atoms with Crippen LogP contribution in [0.2, 0.25) is 0 Å². The van der Waals surface area contributed by atoms with E-state index < -0.39 is 0 Å². The van der Waals surface area contributed by atoms with E-state index in [4.69, 9.17) is 4.74 Å². The smallest absolute Gasteiger partial charge is 0.407 e. The highest BCUT2D eigenvalue weighted by Crippen LogP contribution is 2.11. The molecule has 2 rings (SSSR count). The molecule has 1 amide bonds. The highest BCUT2D eigenvalue weighted by atomic mass is 16.5. The van der Waals surface area contributed by atoms with Crippen molar-refractivity contribution in [1.29, 1.82) is 0 Å². The fourth-order valence-electron chi connectivity index (χ4n) is 2.79. The number of carbonyl (C=O) groups excluding carboxylic acids is 1. The molecule has 1 aromatic rings. The lowest BCUT2D eigenvalue weighted by atomic mass is 10.0. The third kappa shape index (κ3) is 5.31. The van der Waals surface area contributed by atoms with Gasteiger partial charge >= 0.3 is 6.09 Å². The second-order valence-electron chi connectivity index (χ2n) is 5.78. The minimum Gasteiger partial charge on any atom is -0.450 e. The largest absolute Gasteiger partial charge is 0.450 e. The molecule has 1 unspecified atom stereocenters. The topological polar surface area (TPSA) is 44.8 Å². The average molecular weight is 305 g/mol. The van der Waals surface area contributed by atoms with E-state index in [0.29, 0.717) is 19.2 Å². The van der Waals surface area contributed by atoms with E-state index in [9.17, 15) is 4.79 Å². The van der Waals surface area contributed by atoms with Crippen LogP contribution in [0.15, 0.2) is 30.3 Å². The van der Waals surface area contributed by atoms with Crippen LogP contribution in [-0.4, -0.2) is 68.3 Å². The first-order valence-electron chi connectivity index (χ1n) is 8.06. The Labute approximate surface area is 133 Å². The summed E-state index contributed by atoms with van der Waals surface area (Å²) in [6.45, 7) is 7.08. The Morgan fingerprint density at radius 3 is 2.55 bits per heavy atom. The Balaban J connectivity index is 1.95. The van der Waals surface area contributed by atoms with Crippen molar-refractivity contribution in [3.05, 3.63) is 35.9 Å².